The maximum atomic E-state index is 13.8. The molecule has 0 aliphatic heterocycles. The molecule has 1 fully saturated rings. The summed E-state index contributed by atoms with van der Waals surface area (Å²) < 4.78 is 32.1. The van der Waals surface area contributed by atoms with E-state index in [9.17, 15) is 8.78 Å². The highest BCUT2D eigenvalue weighted by Crippen LogP contribution is 2.40. The van der Waals surface area contributed by atoms with E-state index in [0.717, 1.165) is 18.9 Å². The lowest BCUT2D eigenvalue weighted by Crippen LogP contribution is -2.25. The molecule has 1 aliphatic rings. The minimum absolute atomic E-state index is 0.0985. The Labute approximate surface area is 97.3 Å². The molecule has 88 valence electrons. The van der Waals surface area contributed by atoms with Crippen molar-refractivity contribution in [1.29, 1.82) is 0 Å². The standard InChI is InChI=1S/C11H12ClF2NO/c1-16-10-6(5-11(15)2-3-11)9(14)7(12)4-8(10)13/h4H,2-3,5,15H2,1H3. The second-order valence-electron chi connectivity index (χ2n) is 4.21. The van der Waals surface area contributed by atoms with Crippen LogP contribution in [-0.2, 0) is 6.42 Å². The molecule has 1 saturated carbocycles. The van der Waals surface area contributed by atoms with E-state index in [1.54, 1.807) is 0 Å². The molecule has 0 aromatic heterocycles. The van der Waals surface area contributed by atoms with Gasteiger partial charge in [0.05, 0.1) is 12.1 Å². The lowest BCUT2D eigenvalue weighted by molar-refractivity contribution is 0.373. The number of ether oxygens (including phenoxy) is 1. The highest BCUT2D eigenvalue weighted by atomic mass is 35.5. The molecule has 0 saturated heterocycles. The Kier molecular flexibility index (Phi) is 2.80. The minimum Gasteiger partial charge on any atom is -0.493 e. The number of benzene rings is 1. The first-order valence-corrected chi connectivity index (χ1v) is 5.34. The van der Waals surface area contributed by atoms with Crippen LogP contribution in [0.3, 0.4) is 0 Å². The second-order valence-corrected chi connectivity index (χ2v) is 4.61. The van der Waals surface area contributed by atoms with E-state index in [2.05, 4.69) is 0 Å². The molecule has 1 aromatic rings. The summed E-state index contributed by atoms with van der Waals surface area (Å²) in [4.78, 5) is 0. The Bertz CT molecular complexity index is 432. The van der Waals surface area contributed by atoms with Gasteiger partial charge in [-0.15, -0.1) is 0 Å². The Balaban J connectivity index is 2.47. The van der Waals surface area contributed by atoms with Crippen molar-refractivity contribution < 1.29 is 13.5 Å². The van der Waals surface area contributed by atoms with Gasteiger partial charge in [0.1, 0.15) is 5.82 Å². The quantitative estimate of drug-likeness (QED) is 0.834. The molecule has 1 aliphatic carbocycles. The summed E-state index contributed by atoms with van der Waals surface area (Å²) >= 11 is 5.59. The summed E-state index contributed by atoms with van der Waals surface area (Å²) in [6, 6.07) is 0.912. The second kappa shape index (κ2) is 3.86. The molecular weight excluding hydrogens is 236 g/mol. The Hall–Kier alpha value is -0.870. The molecule has 2 nitrogen and oxygen atoms in total. The molecule has 16 heavy (non-hydrogen) atoms. The van der Waals surface area contributed by atoms with Crippen molar-refractivity contribution in [2.45, 2.75) is 24.8 Å². The van der Waals surface area contributed by atoms with Gasteiger partial charge in [-0.1, -0.05) is 11.6 Å². The first-order valence-electron chi connectivity index (χ1n) is 4.96. The normalized spacial score (nSPS) is 17.3. The van der Waals surface area contributed by atoms with Crippen molar-refractivity contribution in [3.8, 4) is 5.75 Å². The molecule has 0 bridgehead atoms. The number of nitrogens with two attached hydrogens (primary N) is 1. The van der Waals surface area contributed by atoms with Gasteiger partial charge in [0.2, 0.25) is 0 Å². The molecule has 0 unspecified atom stereocenters. The number of hydrogen-bond donors (Lipinski definition) is 1. The van der Waals surface area contributed by atoms with Gasteiger partial charge in [-0.2, -0.15) is 0 Å². The number of rotatable bonds is 3. The predicted octanol–water partition coefficient (Wildman–Crippen LogP) is 2.66. The van der Waals surface area contributed by atoms with Crippen molar-refractivity contribution >= 4 is 11.6 Å². The van der Waals surface area contributed by atoms with Crippen LogP contribution in [-0.4, -0.2) is 12.6 Å². The third-order valence-corrected chi connectivity index (χ3v) is 3.12. The average molecular weight is 248 g/mol. The fraction of sp³-hybridized carbons (Fsp3) is 0.455. The van der Waals surface area contributed by atoms with Crippen molar-refractivity contribution in [2.75, 3.05) is 7.11 Å². The molecule has 0 spiro atoms. The lowest BCUT2D eigenvalue weighted by atomic mass is 10.0. The molecule has 0 amide bonds. The third-order valence-electron chi connectivity index (χ3n) is 2.84. The van der Waals surface area contributed by atoms with Crippen LogP contribution in [0.25, 0.3) is 0 Å². The van der Waals surface area contributed by atoms with Crippen LogP contribution in [0.5, 0.6) is 5.75 Å². The van der Waals surface area contributed by atoms with E-state index < -0.39 is 17.2 Å². The summed E-state index contributed by atoms with van der Waals surface area (Å²) in [7, 11) is 1.30. The van der Waals surface area contributed by atoms with Gasteiger partial charge in [0.25, 0.3) is 0 Å². The highest BCUT2D eigenvalue weighted by molar-refractivity contribution is 6.30. The monoisotopic (exact) mass is 247 g/mol. The summed E-state index contributed by atoms with van der Waals surface area (Å²) in [5.41, 5.74) is 5.59. The SMILES string of the molecule is COc1c(F)cc(Cl)c(F)c1CC1(N)CC1. The van der Waals surface area contributed by atoms with Gasteiger partial charge >= 0.3 is 0 Å². The fourth-order valence-electron chi connectivity index (χ4n) is 1.70. The highest BCUT2D eigenvalue weighted by Gasteiger charge is 2.40. The molecule has 0 atom stereocenters. The maximum Gasteiger partial charge on any atom is 0.167 e. The molecular formula is C11H12ClF2NO. The van der Waals surface area contributed by atoms with Crippen molar-refractivity contribution in [3.05, 3.63) is 28.3 Å². The maximum absolute atomic E-state index is 13.8. The number of hydrogen-bond acceptors (Lipinski definition) is 2. The van der Waals surface area contributed by atoms with E-state index in [4.69, 9.17) is 22.1 Å². The molecule has 2 N–H and O–H groups in total. The van der Waals surface area contributed by atoms with Gasteiger partial charge in [0.15, 0.2) is 11.6 Å². The van der Waals surface area contributed by atoms with Crippen LogP contribution in [0.2, 0.25) is 5.02 Å². The summed E-state index contributed by atoms with van der Waals surface area (Å²) in [6.07, 6.45) is 1.87. The zero-order valence-corrected chi connectivity index (χ0v) is 9.57. The largest absolute Gasteiger partial charge is 0.493 e. The summed E-state index contributed by atoms with van der Waals surface area (Å²) in [6.45, 7) is 0. The van der Waals surface area contributed by atoms with E-state index in [-0.39, 0.29) is 22.8 Å². The average Bonchev–Trinajstić information content (AvgIpc) is 2.93. The molecule has 0 heterocycles. The van der Waals surface area contributed by atoms with Crippen molar-refractivity contribution in [1.82, 2.24) is 0 Å². The van der Waals surface area contributed by atoms with E-state index >= 15 is 0 Å². The first-order chi connectivity index (χ1) is 7.47. The van der Waals surface area contributed by atoms with Crippen molar-refractivity contribution in [3.63, 3.8) is 0 Å². The smallest absolute Gasteiger partial charge is 0.167 e. The van der Waals surface area contributed by atoms with E-state index in [0.29, 0.717) is 0 Å². The third kappa shape index (κ3) is 1.99. The Morgan fingerprint density at radius 1 is 1.50 bits per heavy atom. The van der Waals surface area contributed by atoms with Gasteiger partial charge < -0.3 is 10.5 Å². The van der Waals surface area contributed by atoms with Crippen LogP contribution in [0, 0.1) is 11.6 Å². The van der Waals surface area contributed by atoms with Crippen LogP contribution in [0.1, 0.15) is 18.4 Å². The molecule has 2 rings (SSSR count). The Morgan fingerprint density at radius 2 is 2.12 bits per heavy atom. The fourth-order valence-corrected chi connectivity index (χ4v) is 1.91. The van der Waals surface area contributed by atoms with E-state index in [1.165, 1.54) is 7.11 Å². The summed E-state index contributed by atoms with van der Waals surface area (Å²) in [5, 5.41) is -0.238. The van der Waals surface area contributed by atoms with Crippen LogP contribution in [0.15, 0.2) is 6.07 Å². The van der Waals surface area contributed by atoms with Gasteiger partial charge in [-0.3, -0.25) is 0 Å². The van der Waals surface area contributed by atoms with Gasteiger partial charge in [-0.25, -0.2) is 8.78 Å². The molecule has 5 heteroatoms. The lowest BCUT2D eigenvalue weighted by Gasteiger charge is -2.15. The Morgan fingerprint density at radius 3 is 2.62 bits per heavy atom. The predicted molar refractivity (Wildman–Crippen MR) is 57.8 cm³/mol. The van der Waals surface area contributed by atoms with E-state index in [1.807, 2.05) is 0 Å². The van der Waals surface area contributed by atoms with Gasteiger partial charge in [-0.05, 0) is 25.3 Å². The first kappa shape index (κ1) is 11.6. The zero-order chi connectivity index (χ0) is 11.9. The number of halogens is 3. The van der Waals surface area contributed by atoms with Crippen molar-refractivity contribution in [2.24, 2.45) is 5.73 Å². The minimum atomic E-state index is -0.659. The molecule has 0 radical (unpaired) electrons. The zero-order valence-electron chi connectivity index (χ0n) is 8.82. The number of methoxy groups -OCH3 is 1. The van der Waals surface area contributed by atoms with Gasteiger partial charge in [0, 0.05) is 11.1 Å². The molecule has 1 aromatic carbocycles. The topological polar surface area (TPSA) is 35.2 Å². The van der Waals surface area contributed by atoms with Crippen LogP contribution in [0.4, 0.5) is 8.78 Å². The van der Waals surface area contributed by atoms with Crippen LogP contribution >= 0.6 is 11.6 Å². The van der Waals surface area contributed by atoms with Crippen LogP contribution < -0.4 is 10.5 Å². The summed E-state index contributed by atoms with van der Waals surface area (Å²) in [5.74, 6) is -1.40.